The largest absolute Gasteiger partial charge is 0.493 e. The van der Waals surface area contributed by atoms with Gasteiger partial charge in [-0.15, -0.1) is 11.8 Å². The van der Waals surface area contributed by atoms with E-state index in [0.717, 1.165) is 5.56 Å². The molecule has 0 atom stereocenters. The van der Waals surface area contributed by atoms with Gasteiger partial charge in [-0.05, 0) is 36.1 Å². The molecule has 4 nitrogen and oxygen atoms in total. The lowest BCUT2D eigenvalue weighted by molar-refractivity contribution is 0.0781. The van der Waals surface area contributed by atoms with Crippen LogP contribution in [0.2, 0.25) is 0 Å². The van der Waals surface area contributed by atoms with Crippen LogP contribution in [0.5, 0.6) is 11.5 Å². The number of carbonyl (C=O) groups is 1. The molecule has 0 aliphatic heterocycles. The Morgan fingerprint density at radius 1 is 1.09 bits per heavy atom. The summed E-state index contributed by atoms with van der Waals surface area (Å²) in [5, 5.41) is 0. The fourth-order valence-corrected chi connectivity index (χ4v) is 2.75. The molecule has 122 valence electrons. The molecule has 23 heavy (non-hydrogen) atoms. The van der Waals surface area contributed by atoms with Crippen molar-refractivity contribution >= 4 is 17.7 Å². The normalized spacial score (nSPS) is 10.3. The van der Waals surface area contributed by atoms with Gasteiger partial charge in [0.05, 0.1) is 19.8 Å². The number of hydrogen-bond acceptors (Lipinski definition) is 4. The zero-order valence-corrected chi connectivity index (χ0v) is 14.6. The van der Waals surface area contributed by atoms with Crippen LogP contribution in [0.4, 0.5) is 0 Å². The van der Waals surface area contributed by atoms with Gasteiger partial charge in [0.1, 0.15) is 0 Å². The van der Waals surface area contributed by atoms with E-state index in [4.69, 9.17) is 9.47 Å². The fourth-order valence-electron chi connectivity index (χ4n) is 2.34. The van der Waals surface area contributed by atoms with E-state index in [2.05, 4.69) is 12.1 Å². The van der Waals surface area contributed by atoms with Crippen molar-refractivity contribution in [1.82, 2.24) is 4.90 Å². The Labute approximate surface area is 141 Å². The van der Waals surface area contributed by atoms with Crippen LogP contribution in [-0.4, -0.2) is 38.3 Å². The average molecular weight is 331 g/mol. The summed E-state index contributed by atoms with van der Waals surface area (Å²) in [5.41, 5.74) is 1.58. The maximum absolute atomic E-state index is 12.7. The SMILES string of the molecule is COc1cccc(C(=O)N(C)Cc2ccc(SC)cc2)c1OC. The first-order chi connectivity index (χ1) is 11.1. The minimum Gasteiger partial charge on any atom is -0.493 e. The fraction of sp³-hybridized carbons (Fsp3) is 0.278. The summed E-state index contributed by atoms with van der Waals surface area (Å²) < 4.78 is 10.6. The number of thioether (sulfide) groups is 1. The molecule has 0 aliphatic carbocycles. The Morgan fingerprint density at radius 2 is 1.78 bits per heavy atom. The van der Waals surface area contributed by atoms with Crippen molar-refractivity contribution in [3.05, 3.63) is 53.6 Å². The molecular weight excluding hydrogens is 310 g/mol. The lowest BCUT2D eigenvalue weighted by Gasteiger charge is -2.20. The van der Waals surface area contributed by atoms with Crippen molar-refractivity contribution in [1.29, 1.82) is 0 Å². The van der Waals surface area contributed by atoms with Gasteiger partial charge in [0.2, 0.25) is 0 Å². The Morgan fingerprint density at radius 3 is 2.35 bits per heavy atom. The minimum absolute atomic E-state index is 0.102. The molecule has 0 saturated carbocycles. The van der Waals surface area contributed by atoms with E-state index in [9.17, 15) is 4.79 Å². The van der Waals surface area contributed by atoms with E-state index in [1.165, 1.54) is 12.0 Å². The number of benzene rings is 2. The zero-order valence-electron chi connectivity index (χ0n) is 13.8. The van der Waals surface area contributed by atoms with Gasteiger partial charge in [-0.2, -0.15) is 0 Å². The molecule has 0 saturated heterocycles. The van der Waals surface area contributed by atoms with Gasteiger partial charge < -0.3 is 14.4 Å². The number of amides is 1. The number of methoxy groups -OCH3 is 2. The maximum atomic E-state index is 12.7. The molecule has 5 heteroatoms. The molecule has 0 aliphatic rings. The van der Waals surface area contributed by atoms with Crippen LogP contribution in [-0.2, 0) is 6.54 Å². The van der Waals surface area contributed by atoms with Gasteiger partial charge in [0.15, 0.2) is 11.5 Å². The van der Waals surface area contributed by atoms with E-state index in [0.29, 0.717) is 23.6 Å². The second-order valence-corrected chi connectivity index (χ2v) is 5.93. The minimum atomic E-state index is -0.102. The number of ether oxygens (including phenoxy) is 2. The first-order valence-corrected chi connectivity index (χ1v) is 8.42. The zero-order chi connectivity index (χ0) is 16.8. The highest BCUT2D eigenvalue weighted by Gasteiger charge is 2.19. The Hall–Kier alpha value is -2.14. The van der Waals surface area contributed by atoms with Gasteiger partial charge >= 0.3 is 0 Å². The van der Waals surface area contributed by atoms with E-state index >= 15 is 0 Å². The van der Waals surface area contributed by atoms with Crippen LogP contribution in [0.3, 0.4) is 0 Å². The Bertz CT molecular complexity index is 670. The highest BCUT2D eigenvalue weighted by atomic mass is 32.2. The van der Waals surface area contributed by atoms with Gasteiger partial charge in [-0.25, -0.2) is 0 Å². The van der Waals surface area contributed by atoms with E-state index in [-0.39, 0.29) is 5.91 Å². The molecule has 0 unspecified atom stereocenters. The van der Waals surface area contributed by atoms with Crippen LogP contribution in [0, 0.1) is 0 Å². The van der Waals surface area contributed by atoms with Crippen molar-refractivity contribution in [3.8, 4) is 11.5 Å². The molecule has 2 aromatic carbocycles. The standard InChI is InChI=1S/C18H21NO3S/c1-19(12-13-8-10-14(23-4)11-9-13)18(20)15-6-5-7-16(21-2)17(15)22-3/h5-11H,12H2,1-4H3. The summed E-state index contributed by atoms with van der Waals surface area (Å²) in [4.78, 5) is 15.6. The maximum Gasteiger partial charge on any atom is 0.257 e. The third-order valence-corrected chi connectivity index (χ3v) is 4.30. The van der Waals surface area contributed by atoms with E-state index < -0.39 is 0 Å². The highest BCUT2D eigenvalue weighted by molar-refractivity contribution is 7.98. The average Bonchev–Trinajstić information content (AvgIpc) is 2.60. The lowest BCUT2D eigenvalue weighted by Crippen LogP contribution is -2.26. The molecule has 2 rings (SSSR count). The summed E-state index contributed by atoms with van der Waals surface area (Å²) >= 11 is 1.70. The number of carbonyl (C=O) groups excluding carboxylic acids is 1. The molecule has 0 spiro atoms. The summed E-state index contributed by atoms with van der Waals surface area (Å²) in [6.45, 7) is 0.536. The van der Waals surface area contributed by atoms with Crippen LogP contribution < -0.4 is 9.47 Å². The second-order valence-electron chi connectivity index (χ2n) is 5.05. The molecule has 0 fully saturated rings. The lowest BCUT2D eigenvalue weighted by atomic mass is 10.1. The van der Waals surface area contributed by atoms with Gasteiger partial charge in [0.25, 0.3) is 5.91 Å². The van der Waals surface area contributed by atoms with Gasteiger partial charge in [-0.1, -0.05) is 18.2 Å². The molecule has 1 amide bonds. The predicted octanol–water partition coefficient (Wildman–Crippen LogP) is 3.70. The molecule has 0 radical (unpaired) electrons. The van der Waals surface area contributed by atoms with Crippen molar-refractivity contribution in [3.63, 3.8) is 0 Å². The van der Waals surface area contributed by atoms with Crippen molar-refractivity contribution in [2.45, 2.75) is 11.4 Å². The highest BCUT2D eigenvalue weighted by Crippen LogP contribution is 2.31. The molecule has 2 aromatic rings. The summed E-state index contributed by atoms with van der Waals surface area (Å²) in [7, 11) is 4.88. The van der Waals surface area contributed by atoms with Crippen molar-refractivity contribution < 1.29 is 14.3 Å². The second kappa shape index (κ2) is 7.92. The molecular formula is C18H21NO3S. The third kappa shape index (κ3) is 3.99. The topological polar surface area (TPSA) is 38.8 Å². The van der Waals surface area contributed by atoms with E-state index in [1.807, 2.05) is 18.4 Å². The molecule has 0 heterocycles. The van der Waals surface area contributed by atoms with Crippen LogP contribution >= 0.6 is 11.8 Å². The quantitative estimate of drug-likeness (QED) is 0.757. The monoisotopic (exact) mass is 331 g/mol. The third-order valence-electron chi connectivity index (χ3n) is 3.56. The van der Waals surface area contributed by atoms with Crippen LogP contribution in [0.1, 0.15) is 15.9 Å². The number of hydrogen-bond donors (Lipinski definition) is 0. The molecule has 0 aromatic heterocycles. The summed E-state index contributed by atoms with van der Waals surface area (Å²) in [6.07, 6.45) is 2.04. The van der Waals surface area contributed by atoms with Crippen molar-refractivity contribution in [2.24, 2.45) is 0 Å². The first-order valence-electron chi connectivity index (χ1n) is 7.20. The van der Waals surface area contributed by atoms with E-state index in [1.54, 1.807) is 49.0 Å². The molecule has 0 bridgehead atoms. The number of nitrogens with zero attached hydrogens (tertiary/aromatic N) is 1. The Balaban J connectivity index is 2.19. The smallest absolute Gasteiger partial charge is 0.257 e. The molecule has 0 N–H and O–H groups in total. The van der Waals surface area contributed by atoms with Crippen molar-refractivity contribution in [2.75, 3.05) is 27.5 Å². The van der Waals surface area contributed by atoms with Gasteiger partial charge in [0, 0.05) is 18.5 Å². The van der Waals surface area contributed by atoms with Crippen LogP contribution in [0.15, 0.2) is 47.4 Å². The Kier molecular flexibility index (Phi) is 5.93. The van der Waals surface area contributed by atoms with Crippen LogP contribution in [0.25, 0.3) is 0 Å². The predicted molar refractivity (Wildman–Crippen MR) is 93.6 cm³/mol. The number of rotatable bonds is 6. The summed E-state index contributed by atoms with van der Waals surface area (Å²) in [5.74, 6) is 0.912. The number of para-hydroxylation sites is 1. The summed E-state index contributed by atoms with van der Waals surface area (Å²) in [6, 6.07) is 13.5. The first kappa shape index (κ1) is 17.2. The van der Waals surface area contributed by atoms with Gasteiger partial charge in [-0.3, -0.25) is 4.79 Å².